The Labute approximate surface area is 128 Å². The molecule has 0 bridgehead atoms. The zero-order valence-electron chi connectivity index (χ0n) is 13.2. The predicted molar refractivity (Wildman–Crippen MR) is 84.7 cm³/mol. The lowest BCUT2D eigenvalue weighted by atomic mass is 10.0. The Balaban J connectivity index is 2.16. The van der Waals surface area contributed by atoms with Crippen molar-refractivity contribution in [3.63, 3.8) is 0 Å². The van der Waals surface area contributed by atoms with E-state index >= 15 is 0 Å². The molecule has 0 aliphatic rings. The maximum atomic E-state index is 12.4. The van der Waals surface area contributed by atoms with Gasteiger partial charge in [0.15, 0.2) is 5.65 Å². The maximum absolute atomic E-state index is 12.4. The van der Waals surface area contributed by atoms with E-state index in [1.165, 1.54) is 4.52 Å². The minimum atomic E-state index is -0.240. The molecule has 0 saturated carbocycles. The first-order valence-electron chi connectivity index (χ1n) is 7.47. The Hall–Kier alpha value is -2.15. The van der Waals surface area contributed by atoms with E-state index in [0.717, 1.165) is 6.42 Å². The lowest BCUT2D eigenvalue weighted by Crippen LogP contribution is -2.42. The van der Waals surface area contributed by atoms with E-state index in [1.807, 2.05) is 0 Å². The molecule has 2 heterocycles. The van der Waals surface area contributed by atoms with Gasteiger partial charge in [0.25, 0.3) is 5.56 Å². The molecule has 2 aromatic rings. The highest BCUT2D eigenvalue weighted by Gasteiger charge is 2.17. The number of amides is 1. The van der Waals surface area contributed by atoms with Crippen LogP contribution in [0.25, 0.3) is 5.65 Å². The minimum Gasteiger partial charge on any atom is -0.352 e. The number of aromatic amines is 1. The summed E-state index contributed by atoms with van der Waals surface area (Å²) in [7, 11) is 0. The quantitative estimate of drug-likeness (QED) is 0.716. The van der Waals surface area contributed by atoms with E-state index in [9.17, 15) is 9.59 Å². The third-order valence-corrected chi connectivity index (χ3v) is 3.59. The standard InChI is InChI=1S/C15H23N5O2/c1-9(2)6-11(8-16)19-14(21)7-12-10(3)18-13-4-5-17-20(13)15(12)22/h4-5,9,11,17H,6-8,16H2,1-3H3,(H,19,21). The van der Waals surface area contributed by atoms with Crippen LogP contribution in [-0.4, -0.2) is 33.1 Å². The lowest BCUT2D eigenvalue weighted by molar-refractivity contribution is -0.121. The van der Waals surface area contributed by atoms with Crippen molar-refractivity contribution in [1.82, 2.24) is 19.9 Å². The average Bonchev–Trinajstić information content (AvgIpc) is 2.90. The molecule has 0 fully saturated rings. The van der Waals surface area contributed by atoms with E-state index in [-0.39, 0.29) is 23.9 Å². The molecule has 0 aliphatic carbocycles. The number of carbonyl (C=O) groups excluding carboxylic acids is 1. The summed E-state index contributed by atoms with van der Waals surface area (Å²) in [4.78, 5) is 28.9. The molecule has 0 saturated heterocycles. The molecule has 2 rings (SSSR count). The number of H-pyrrole nitrogens is 1. The zero-order valence-corrected chi connectivity index (χ0v) is 13.2. The molecular formula is C15H23N5O2. The third-order valence-electron chi connectivity index (χ3n) is 3.59. The molecule has 7 heteroatoms. The first-order chi connectivity index (χ1) is 10.4. The molecule has 1 atom stereocenters. The van der Waals surface area contributed by atoms with Crippen LogP contribution in [0, 0.1) is 12.8 Å². The summed E-state index contributed by atoms with van der Waals surface area (Å²) in [5.74, 6) is 0.239. The van der Waals surface area contributed by atoms with E-state index in [2.05, 4.69) is 29.2 Å². The van der Waals surface area contributed by atoms with E-state index in [0.29, 0.717) is 29.4 Å². The fraction of sp³-hybridized carbons (Fsp3) is 0.533. The lowest BCUT2D eigenvalue weighted by Gasteiger charge is -2.18. The third kappa shape index (κ3) is 3.54. The summed E-state index contributed by atoms with van der Waals surface area (Å²) in [6.45, 7) is 6.28. The normalized spacial score (nSPS) is 12.8. The van der Waals surface area contributed by atoms with Crippen molar-refractivity contribution in [2.75, 3.05) is 6.54 Å². The van der Waals surface area contributed by atoms with Crippen LogP contribution < -0.4 is 16.6 Å². The van der Waals surface area contributed by atoms with Gasteiger partial charge >= 0.3 is 0 Å². The highest BCUT2D eigenvalue weighted by atomic mass is 16.2. The maximum Gasteiger partial charge on any atom is 0.276 e. The Kier molecular flexibility index (Phi) is 4.97. The minimum absolute atomic E-state index is 0.00816. The van der Waals surface area contributed by atoms with Crippen molar-refractivity contribution >= 4 is 11.6 Å². The average molecular weight is 305 g/mol. The summed E-state index contributed by atoms with van der Waals surface area (Å²) in [6, 6.07) is 1.64. The molecule has 0 radical (unpaired) electrons. The molecule has 0 spiro atoms. The van der Waals surface area contributed by atoms with Gasteiger partial charge in [0.1, 0.15) is 0 Å². The molecule has 0 aliphatic heterocycles. The van der Waals surface area contributed by atoms with Gasteiger partial charge in [0, 0.05) is 36.1 Å². The van der Waals surface area contributed by atoms with Gasteiger partial charge in [-0.15, -0.1) is 0 Å². The van der Waals surface area contributed by atoms with Gasteiger partial charge in [0.05, 0.1) is 6.42 Å². The molecule has 0 aromatic carbocycles. The van der Waals surface area contributed by atoms with Gasteiger partial charge in [-0.1, -0.05) is 13.8 Å². The fourth-order valence-electron chi connectivity index (χ4n) is 2.53. The number of carbonyl (C=O) groups is 1. The summed E-state index contributed by atoms with van der Waals surface area (Å²) >= 11 is 0. The summed E-state index contributed by atoms with van der Waals surface area (Å²) in [6.07, 6.45) is 2.46. The Morgan fingerprint density at radius 1 is 1.50 bits per heavy atom. The van der Waals surface area contributed by atoms with E-state index < -0.39 is 0 Å². The van der Waals surface area contributed by atoms with Crippen LogP contribution >= 0.6 is 0 Å². The summed E-state index contributed by atoms with van der Waals surface area (Å²) in [5.41, 5.74) is 6.97. The zero-order chi connectivity index (χ0) is 16.3. The number of fused-ring (bicyclic) bond motifs is 1. The fourth-order valence-corrected chi connectivity index (χ4v) is 2.53. The second-order valence-electron chi connectivity index (χ2n) is 5.94. The van der Waals surface area contributed by atoms with Gasteiger partial charge in [0.2, 0.25) is 5.91 Å². The monoisotopic (exact) mass is 305 g/mol. The highest BCUT2D eigenvalue weighted by Crippen LogP contribution is 2.06. The molecular weight excluding hydrogens is 282 g/mol. The van der Waals surface area contributed by atoms with Gasteiger partial charge in [-0.3, -0.25) is 14.7 Å². The number of hydrogen-bond acceptors (Lipinski definition) is 4. The molecule has 1 amide bonds. The number of rotatable bonds is 6. The van der Waals surface area contributed by atoms with Crippen LogP contribution in [0.1, 0.15) is 31.5 Å². The van der Waals surface area contributed by atoms with E-state index in [4.69, 9.17) is 5.73 Å². The van der Waals surface area contributed by atoms with Gasteiger partial charge in [-0.05, 0) is 19.3 Å². The van der Waals surface area contributed by atoms with Crippen LogP contribution in [0.4, 0.5) is 0 Å². The Morgan fingerprint density at radius 3 is 2.86 bits per heavy atom. The second kappa shape index (κ2) is 6.74. The Morgan fingerprint density at radius 2 is 2.23 bits per heavy atom. The smallest absolute Gasteiger partial charge is 0.276 e. The topological polar surface area (TPSA) is 105 Å². The SMILES string of the molecule is Cc1nc2cc[nH]n2c(=O)c1CC(=O)NC(CN)CC(C)C. The molecule has 4 N–H and O–H groups in total. The van der Waals surface area contributed by atoms with Gasteiger partial charge in [-0.25, -0.2) is 9.50 Å². The van der Waals surface area contributed by atoms with Crippen molar-refractivity contribution < 1.29 is 4.79 Å². The van der Waals surface area contributed by atoms with Crippen LogP contribution in [0.3, 0.4) is 0 Å². The Bertz CT molecular complexity index is 716. The molecule has 22 heavy (non-hydrogen) atoms. The number of nitrogens with one attached hydrogen (secondary N) is 2. The van der Waals surface area contributed by atoms with Crippen LogP contribution in [-0.2, 0) is 11.2 Å². The first-order valence-corrected chi connectivity index (χ1v) is 7.47. The van der Waals surface area contributed by atoms with Crippen LogP contribution in [0.2, 0.25) is 0 Å². The molecule has 7 nitrogen and oxygen atoms in total. The molecule has 120 valence electrons. The largest absolute Gasteiger partial charge is 0.352 e. The number of nitrogens with two attached hydrogens (primary N) is 1. The van der Waals surface area contributed by atoms with E-state index in [1.54, 1.807) is 19.2 Å². The van der Waals surface area contributed by atoms with Crippen molar-refractivity contribution in [1.29, 1.82) is 0 Å². The van der Waals surface area contributed by atoms with Crippen LogP contribution in [0.15, 0.2) is 17.1 Å². The predicted octanol–water partition coefficient (Wildman–Crippen LogP) is 0.363. The van der Waals surface area contributed by atoms with Crippen molar-refractivity contribution in [2.45, 2.75) is 39.7 Å². The van der Waals surface area contributed by atoms with Crippen molar-refractivity contribution in [3.8, 4) is 0 Å². The highest BCUT2D eigenvalue weighted by molar-refractivity contribution is 5.79. The molecule has 1 unspecified atom stereocenters. The van der Waals surface area contributed by atoms with Gasteiger partial charge in [-0.2, -0.15) is 0 Å². The summed E-state index contributed by atoms with van der Waals surface area (Å²) < 4.78 is 1.34. The van der Waals surface area contributed by atoms with Gasteiger partial charge < -0.3 is 11.1 Å². The van der Waals surface area contributed by atoms with Crippen LogP contribution in [0.5, 0.6) is 0 Å². The number of nitrogens with zero attached hydrogens (tertiary/aromatic N) is 2. The first kappa shape index (κ1) is 16.2. The number of hydrogen-bond donors (Lipinski definition) is 3. The van der Waals surface area contributed by atoms with Crippen molar-refractivity contribution in [3.05, 3.63) is 33.9 Å². The second-order valence-corrected chi connectivity index (χ2v) is 5.94. The number of aromatic nitrogens is 3. The molecule has 2 aromatic heterocycles. The summed E-state index contributed by atoms with van der Waals surface area (Å²) in [5, 5.41) is 5.69. The van der Waals surface area contributed by atoms with Crippen molar-refractivity contribution in [2.24, 2.45) is 11.7 Å². The number of aryl methyl sites for hydroxylation is 1.